The topological polar surface area (TPSA) is 58.6 Å². The van der Waals surface area contributed by atoms with Crippen LogP contribution in [0.25, 0.3) is 5.57 Å². The van der Waals surface area contributed by atoms with Gasteiger partial charge >= 0.3 is 5.97 Å². The van der Waals surface area contributed by atoms with Crippen LogP contribution in [0.2, 0.25) is 0 Å². The first-order valence-electron chi connectivity index (χ1n) is 8.05. The summed E-state index contributed by atoms with van der Waals surface area (Å²) >= 11 is 0. The molecule has 0 saturated carbocycles. The molecule has 0 spiro atoms. The molecule has 1 unspecified atom stereocenters. The molecule has 0 bridgehead atoms. The molecule has 2 N–H and O–H groups in total. The molecule has 4 heteroatoms. The van der Waals surface area contributed by atoms with E-state index in [1.165, 1.54) is 18.7 Å². The Bertz CT molecular complexity index is 753. The van der Waals surface area contributed by atoms with Gasteiger partial charge in [-0.05, 0) is 36.1 Å². The van der Waals surface area contributed by atoms with E-state index in [0.717, 1.165) is 30.5 Å². The Morgan fingerprint density at radius 1 is 1.25 bits per heavy atom. The van der Waals surface area contributed by atoms with Gasteiger partial charge in [0, 0.05) is 18.2 Å². The highest BCUT2D eigenvalue weighted by molar-refractivity contribution is 5.90. The van der Waals surface area contributed by atoms with E-state index in [1.807, 2.05) is 18.2 Å². The van der Waals surface area contributed by atoms with Crippen molar-refractivity contribution >= 4 is 11.5 Å². The quantitative estimate of drug-likeness (QED) is 0.849. The lowest BCUT2D eigenvalue weighted by Crippen LogP contribution is -2.34. The number of carbonyl (C=O) groups is 1. The molecule has 0 aromatic heterocycles. The monoisotopic (exact) mass is 323 g/mol. The zero-order chi connectivity index (χ0) is 16.9. The first-order chi connectivity index (χ1) is 11.7. The molecule has 4 nitrogen and oxygen atoms in total. The summed E-state index contributed by atoms with van der Waals surface area (Å²) in [6.07, 6.45) is 3.87. The number of phenolic OH excluding ortho intramolecular Hbond substituents is 1. The highest BCUT2D eigenvalue weighted by Gasteiger charge is 2.19. The third-order valence-corrected chi connectivity index (χ3v) is 4.31. The van der Waals surface area contributed by atoms with Crippen LogP contribution >= 0.6 is 0 Å². The van der Waals surface area contributed by atoms with Crippen molar-refractivity contribution in [2.45, 2.75) is 18.9 Å². The highest BCUT2D eigenvalue weighted by atomic mass is 16.5. The summed E-state index contributed by atoms with van der Waals surface area (Å²) in [5.41, 5.74) is 3.53. The minimum Gasteiger partial charge on any atom is -0.507 e. The maximum absolute atomic E-state index is 11.6. The van der Waals surface area contributed by atoms with E-state index in [9.17, 15) is 9.90 Å². The molecule has 1 aliphatic rings. The van der Waals surface area contributed by atoms with E-state index in [2.05, 4.69) is 28.3 Å². The van der Waals surface area contributed by atoms with Gasteiger partial charge in [-0.3, -0.25) is 0 Å². The second-order valence-corrected chi connectivity index (χ2v) is 5.95. The van der Waals surface area contributed by atoms with Gasteiger partial charge in [0.15, 0.2) is 0 Å². The van der Waals surface area contributed by atoms with Crippen LogP contribution < -0.4 is 5.32 Å². The summed E-state index contributed by atoms with van der Waals surface area (Å²) in [6, 6.07) is 15.6. The van der Waals surface area contributed by atoms with Crippen LogP contribution in [-0.2, 0) is 11.2 Å². The molecule has 0 amide bonds. The summed E-state index contributed by atoms with van der Waals surface area (Å²) in [6.45, 7) is 0.769. The third kappa shape index (κ3) is 3.66. The summed E-state index contributed by atoms with van der Waals surface area (Å²) in [5, 5.41) is 13.8. The van der Waals surface area contributed by atoms with E-state index < -0.39 is 5.97 Å². The summed E-state index contributed by atoms with van der Waals surface area (Å²) in [7, 11) is 1.33. The van der Waals surface area contributed by atoms with Crippen molar-refractivity contribution in [3.05, 3.63) is 71.3 Å². The van der Waals surface area contributed by atoms with Crippen LogP contribution in [0.5, 0.6) is 5.75 Å². The van der Waals surface area contributed by atoms with Gasteiger partial charge in [-0.15, -0.1) is 0 Å². The molecule has 0 fully saturated rings. The van der Waals surface area contributed by atoms with Gasteiger partial charge in [-0.2, -0.15) is 0 Å². The van der Waals surface area contributed by atoms with Gasteiger partial charge in [0.05, 0.1) is 12.7 Å². The number of carbonyl (C=O) groups excluding carboxylic acids is 1. The van der Waals surface area contributed by atoms with Crippen LogP contribution in [0.4, 0.5) is 0 Å². The van der Waals surface area contributed by atoms with Gasteiger partial charge in [0.2, 0.25) is 0 Å². The standard InChI is InChI=1S/C20H21NO3/c1-24-20(23)16-7-8-18(19(22)13-16)15-9-10-21-17(12-15)11-14-5-3-2-4-6-14/h2-9,13,17,21-22H,10-12H2,1H3. The largest absolute Gasteiger partial charge is 0.507 e. The molecule has 0 radical (unpaired) electrons. The molecule has 0 saturated heterocycles. The second kappa shape index (κ2) is 7.32. The van der Waals surface area contributed by atoms with E-state index in [1.54, 1.807) is 12.1 Å². The predicted octanol–water partition coefficient (Wildman–Crippen LogP) is 3.17. The molecule has 3 rings (SSSR count). The lowest BCUT2D eigenvalue weighted by molar-refractivity contribution is 0.0600. The van der Waals surface area contributed by atoms with Gasteiger partial charge in [-0.1, -0.05) is 42.5 Å². The van der Waals surface area contributed by atoms with Crippen LogP contribution in [0.1, 0.15) is 27.9 Å². The zero-order valence-corrected chi connectivity index (χ0v) is 13.7. The zero-order valence-electron chi connectivity index (χ0n) is 13.7. The Labute approximate surface area is 141 Å². The molecule has 2 aromatic rings. The SMILES string of the molecule is COC(=O)c1ccc(C2=CCNC(Cc3ccccc3)C2)c(O)c1. The van der Waals surface area contributed by atoms with Gasteiger partial charge in [-0.25, -0.2) is 4.79 Å². The fourth-order valence-corrected chi connectivity index (χ4v) is 3.08. The van der Waals surface area contributed by atoms with Crippen LogP contribution in [0, 0.1) is 0 Å². The van der Waals surface area contributed by atoms with Crippen LogP contribution in [0.3, 0.4) is 0 Å². The molecule has 1 aliphatic heterocycles. The lowest BCUT2D eigenvalue weighted by atomic mass is 9.91. The second-order valence-electron chi connectivity index (χ2n) is 5.95. The Balaban J connectivity index is 1.75. The molecule has 24 heavy (non-hydrogen) atoms. The third-order valence-electron chi connectivity index (χ3n) is 4.31. The molecule has 1 heterocycles. The lowest BCUT2D eigenvalue weighted by Gasteiger charge is -2.25. The predicted molar refractivity (Wildman–Crippen MR) is 94.0 cm³/mol. The van der Waals surface area contributed by atoms with Crippen molar-refractivity contribution in [3.8, 4) is 5.75 Å². The minimum atomic E-state index is -0.446. The van der Waals surface area contributed by atoms with Gasteiger partial charge < -0.3 is 15.2 Å². The minimum absolute atomic E-state index is 0.115. The normalized spacial score (nSPS) is 17.2. The van der Waals surface area contributed by atoms with E-state index in [-0.39, 0.29) is 5.75 Å². The number of hydrogen-bond donors (Lipinski definition) is 2. The van der Waals surface area contributed by atoms with Gasteiger partial charge in [0.25, 0.3) is 0 Å². The van der Waals surface area contributed by atoms with Gasteiger partial charge in [0.1, 0.15) is 5.75 Å². The van der Waals surface area contributed by atoms with E-state index in [0.29, 0.717) is 11.6 Å². The summed E-state index contributed by atoms with van der Waals surface area (Å²) < 4.78 is 4.69. The summed E-state index contributed by atoms with van der Waals surface area (Å²) in [4.78, 5) is 11.6. The van der Waals surface area contributed by atoms with Crippen molar-refractivity contribution < 1.29 is 14.6 Å². The highest BCUT2D eigenvalue weighted by Crippen LogP contribution is 2.31. The Morgan fingerprint density at radius 2 is 2.04 bits per heavy atom. The molecule has 0 aliphatic carbocycles. The Hall–Kier alpha value is -2.59. The maximum atomic E-state index is 11.6. The smallest absolute Gasteiger partial charge is 0.337 e. The van der Waals surface area contributed by atoms with Crippen LogP contribution in [-0.4, -0.2) is 30.8 Å². The van der Waals surface area contributed by atoms with E-state index >= 15 is 0 Å². The number of rotatable bonds is 4. The molecule has 124 valence electrons. The number of aromatic hydroxyl groups is 1. The number of benzene rings is 2. The van der Waals surface area contributed by atoms with Crippen molar-refractivity contribution in [1.82, 2.24) is 5.32 Å². The fourth-order valence-electron chi connectivity index (χ4n) is 3.08. The maximum Gasteiger partial charge on any atom is 0.337 e. The number of hydrogen-bond acceptors (Lipinski definition) is 4. The molecule has 2 aromatic carbocycles. The van der Waals surface area contributed by atoms with E-state index in [4.69, 9.17) is 0 Å². The molecular weight excluding hydrogens is 302 g/mol. The van der Waals surface area contributed by atoms with Crippen molar-refractivity contribution in [3.63, 3.8) is 0 Å². The summed E-state index contributed by atoms with van der Waals surface area (Å²) in [5.74, 6) is -0.331. The van der Waals surface area contributed by atoms with Crippen molar-refractivity contribution in [2.24, 2.45) is 0 Å². The average Bonchev–Trinajstić information content (AvgIpc) is 2.62. The number of phenols is 1. The number of methoxy groups -OCH3 is 1. The molecule has 1 atom stereocenters. The van der Waals surface area contributed by atoms with Crippen molar-refractivity contribution in [1.29, 1.82) is 0 Å². The number of ether oxygens (including phenoxy) is 1. The first-order valence-corrected chi connectivity index (χ1v) is 8.05. The average molecular weight is 323 g/mol. The Kier molecular flexibility index (Phi) is 4.96. The number of nitrogens with one attached hydrogen (secondary N) is 1. The fraction of sp³-hybridized carbons (Fsp3) is 0.250. The first kappa shape index (κ1) is 16.3. The van der Waals surface area contributed by atoms with Crippen LogP contribution in [0.15, 0.2) is 54.6 Å². The number of esters is 1. The molecular formula is C20H21NO3. The van der Waals surface area contributed by atoms with Crippen molar-refractivity contribution in [2.75, 3.05) is 13.7 Å². The Morgan fingerprint density at radius 3 is 2.75 bits per heavy atom.